The quantitative estimate of drug-likeness (QED) is 0.512. The van der Waals surface area contributed by atoms with Crippen molar-refractivity contribution in [3.05, 3.63) is 0 Å². The largest absolute Gasteiger partial charge is 0.475 e. The number of carbonyl (C=O) groups is 1. The minimum Gasteiger partial charge on any atom is -0.475 e. The maximum absolute atomic E-state index is 11.7. The van der Waals surface area contributed by atoms with Crippen molar-refractivity contribution in [2.45, 2.75) is 19.3 Å². The zero-order chi connectivity index (χ0) is 11.7. The molecule has 1 fully saturated rings. The van der Waals surface area contributed by atoms with Crippen LogP contribution in [0.2, 0.25) is 0 Å². The van der Waals surface area contributed by atoms with E-state index in [1.165, 1.54) is 0 Å². The molecule has 0 aliphatic carbocycles. The highest BCUT2D eigenvalue weighted by atomic mass is 32.3. The first-order chi connectivity index (χ1) is 6.82. The molecule has 0 aromatic carbocycles. The van der Waals surface area contributed by atoms with Crippen LogP contribution < -0.4 is 0 Å². The van der Waals surface area contributed by atoms with Gasteiger partial charge in [0.1, 0.15) is 4.32 Å². The Hall–Kier alpha value is -0.290. The lowest BCUT2D eigenvalue weighted by molar-refractivity contribution is 0.220. The second-order valence-corrected chi connectivity index (χ2v) is 11.5. The number of nitrogens with zero attached hydrogens (tertiary/aromatic N) is 1. The summed E-state index contributed by atoms with van der Waals surface area (Å²) in [5.74, 6) is 1.58. The molecule has 0 unspecified atom stereocenters. The highest BCUT2D eigenvalue weighted by Crippen LogP contribution is 2.70. The fourth-order valence-corrected chi connectivity index (χ4v) is 7.67. The van der Waals surface area contributed by atoms with Crippen LogP contribution in [-0.2, 0) is 0 Å². The van der Waals surface area contributed by atoms with E-state index in [9.17, 15) is 9.90 Å². The Bertz CT molecular complexity index is 296. The van der Waals surface area contributed by atoms with Crippen molar-refractivity contribution < 1.29 is 9.90 Å². The van der Waals surface area contributed by atoms with E-state index < -0.39 is 14.5 Å². The second-order valence-electron chi connectivity index (χ2n) is 5.01. The van der Waals surface area contributed by atoms with Crippen LogP contribution >= 0.6 is 21.4 Å². The molecule has 0 spiro atoms. The van der Waals surface area contributed by atoms with Gasteiger partial charge in [-0.25, -0.2) is 4.79 Å². The third-order valence-electron chi connectivity index (χ3n) is 3.52. The molecule has 5 heteroatoms. The highest BCUT2D eigenvalue weighted by molar-refractivity contribution is 8.71. The zero-order valence-corrected chi connectivity index (χ0v) is 11.4. The van der Waals surface area contributed by atoms with Crippen LogP contribution in [0.4, 0.5) is 4.79 Å². The fourth-order valence-electron chi connectivity index (χ4n) is 2.42. The second kappa shape index (κ2) is 3.94. The molecular weight excluding hydrogens is 230 g/mol. The molecule has 1 heterocycles. The molecule has 1 aliphatic heterocycles. The first-order valence-corrected chi connectivity index (χ1v) is 8.74. The molecule has 0 atom stereocenters. The van der Waals surface area contributed by atoms with Gasteiger partial charge < -0.3 is 10.0 Å². The summed E-state index contributed by atoms with van der Waals surface area (Å²) in [5, 5.41) is 8.97. The number of thiocarbonyl (C=S) groups is 1. The normalized spacial score (nSPS) is 25.9. The maximum atomic E-state index is 11.7. The molecule has 0 radical (unpaired) electrons. The molecule has 15 heavy (non-hydrogen) atoms. The lowest BCUT2D eigenvalue weighted by Crippen LogP contribution is -2.45. The highest BCUT2D eigenvalue weighted by Gasteiger charge is 2.49. The summed E-state index contributed by atoms with van der Waals surface area (Å²) in [6.07, 6.45) is 5.10. The van der Waals surface area contributed by atoms with E-state index >= 15 is 0 Å². The summed E-state index contributed by atoms with van der Waals surface area (Å²) < 4.78 is 0.688. The van der Waals surface area contributed by atoms with E-state index in [0.717, 1.165) is 30.8 Å². The van der Waals surface area contributed by atoms with Crippen LogP contribution in [0.5, 0.6) is 0 Å². The minimum absolute atomic E-state index is 0.639. The summed E-state index contributed by atoms with van der Waals surface area (Å²) in [7, 11) is 0.884. The molecule has 1 saturated heterocycles. The summed E-state index contributed by atoms with van der Waals surface area (Å²) >= 11 is 5.40. The number of rotatable bonds is 0. The predicted molar refractivity (Wildman–Crippen MR) is 72.8 cm³/mol. The monoisotopic (exact) mass is 251 g/mol. The lowest BCUT2D eigenvalue weighted by atomic mass is 10.3. The van der Waals surface area contributed by atoms with Gasteiger partial charge in [0, 0.05) is 14.1 Å². The maximum Gasteiger partial charge on any atom is 0.337 e. The predicted octanol–water partition coefficient (Wildman–Crippen LogP) is 2.40. The van der Waals surface area contributed by atoms with E-state index in [1.54, 1.807) is 0 Å². The van der Waals surface area contributed by atoms with Crippen LogP contribution in [0.15, 0.2) is 0 Å². The topological polar surface area (TPSA) is 40.5 Å². The van der Waals surface area contributed by atoms with Gasteiger partial charge >= 0.3 is 5.30 Å². The van der Waals surface area contributed by atoms with Gasteiger partial charge in [0.25, 0.3) is 0 Å². The van der Waals surface area contributed by atoms with Crippen LogP contribution in [0, 0.1) is 0 Å². The summed E-state index contributed by atoms with van der Waals surface area (Å²) in [6, 6.07) is 0. The Labute approximate surface area is 97.1 Å². The van der Waals surface area contributed by atoms with Crippen LogP contribution in [0.1, 0.15) is 19.3 Å². The fraction of sp³-hybridized carbons (Fsp3) is 0.800. The van der Waals surface area contributed by atoms with E-state index in [1.807, 2.05) is 25.3 Å². The van der Waals surface area contributed by atoms with Crippen LogP contribution in [0.25, 0.3) is 0 Å². The van der Waals surface area contributed by atoms with Gasteiger partial charge in [0.05, 0.1) is 0 Å². The summed E-state index contributed by atoms with van der Waals surface area (Å²) in [5.41, 5.74) is 0. The SMILES string of the molecule is CN(C)C(=S)[SH]1(C)(C(=O)O)CCCCC1. The van der Waals surface area contributed by atoms with Gasteiger partial charge in [-0.1, -0.05) is 18.6 Å². The van der Waals surface area contributed by atoms with E-state index in [0.29, 0.717) is 4.32 Å². The molecule has 0 saturated carbocycles. The summed E-state index contributed by atoms with van der Waals surface area (Å²) in [4.78, 5) is 13.5. The Morgan fingerprint density at radius 1 is 1.27 bits per heavy atom. The average Bonchev–Trinajstić information content (AvgIpc) is 2.17. The molecule has 1 aliphatic rings. The average molecular weight is 251 g/mol. The van der Waals surface area contributed by atoms with Crippen molar-refractivity contribution in [3.8, 4) is 0 Å². The Kier molecular flexibility index (Phi) is 3.36. The van der Waals surface area contributed by atoms with Crippen molar-refractivity contribution in [1.82, 2.24) is 4.90 Å². The number of hydrogen-bond donors (Lipinski definition) is 2. The van der Waals surface area contributed by atoms with Gasteiger partial charge in [0.2, 0.25) is 0 Å². The van der Waals surface area contributed by atoms with Gasteiger partial charge in [-0.15, -0.1) is 0 Å². The number of carboxylic acid groups (broad SMARTS) is 1. The van der Waals surface area contributed by atoms with Gasteiger partial charge in [-0.3, -0.25) is 0 Å². The molecule has 0 bridgehead atoms. The lowest BCUT2D eigenvalue weighted by Gasteiger charge is -2.57. The zero-order valence-electron chi connectivity index (χ0n) is 9.69. The minimum atomic E-state index is -2.83. The van der Waals surface area contributed by atoms with E-state index in [4.69, 9.17) is 12.2 Å². The van der Waals surface area contributed by atoms with Crippen LogP contribution in [0.3, 0.4) is 0 Å². The van der Waals surface area contributed by atoms with Crippen LogP contribution in [-0.4, -0.2) is 51.5 Å². The molecule has 0 aromatic heterocycles. The smallest absolute Gasteiger partial charge is 0.337 e. The third kappa shape index (κ3) is 1.87. The first kappa shape index (κ1) is 12.8. The molecule has 1 rings (SSSR count). The Morgan fingerprint density at radius 2 is 1.73 bits per heavy atom. The van der Waals surface area contributed by atoms with Gasteiger partial charge in [-0.2, -0.15) is 9.16 Å². The Morgan fingerprint density at radius 3 is 2.07 bits per heavy atom. The molecular formula is C10H21NO2S2. The van der Waals surface area contributed by atoms with Crippen molar-refractivity contribution in [1.29, 1.82) is 0 Å². The van der Waals surface area contributed by atoms with Crippen molar-refractivity contribution in [2.75, 3.05) is 31.9 Å². The standard InChI is InChI=1S/C10H21NO2S2/c1-11(2)9(14)15(3,10(12)13)7-5-4-6-8-15/h15H,4-8H2,1-3H3,(H,12,13). The number of thiol groups is 1. The van der Waals surface area contributed by atoms with Crippen molar-refractivity contribution >= 4 is 31.0 Å². The molecule has 90 valence electrons. The Balaban J connectivity index is 3.17. The van der Waals surface area contributed by atoms with Gasteiger partial charge in [-0.05, 0) is 30.6 Å². The van der Waals surface area contributed by atoms with Crippen molar-refractivity contribution in [2.24, 2.45) is 0 Å². The molecule has 0 aromatic rings. The van der Waals surface area contributed by atoms with Gasteiger partial charge in [0.15, 0.2) is 0 Å². The molecule has 0 amide bonds. The number of hydrogen-bond acceptors (Lipinski definition) is 2. The van der Waals surface area contributed by atoms with Crippen molar-refractivity contribution in [3.63, 3.8) is 0 Å². The van der Waals surface area contributed by atoms with E-state index in [2.05, 4.69) is 0 Å². The molecule has 1 N–H and O–H groups in total. The van der Waals surface area contributed by atoms with E-state index in [-0.39, 0.29) is 0 Å². The first-order valence-electron chi connectivity index (χ1n) is 5.28. The summed E-state index contributed by atoms with van der Waals surface area (Å²) in [6.45, 7) is 0. The molecule has 3 nitrogen and oxygen atoms in total. The third-order valence-corrected chi connectivity index (χ3v) is 11.2.